The SMILES string of the molecule is C=C[C@@H]1CC(=O)[C@@H](C)[C@@H](C(=O)OCC)N1S(=O)(=O)c1ccc(C)cc1. The van der Waals surface area contributed by atoms with Crippen molar-refractivity contribution in [1.82, 2.24) is 4.31 Å². The van der Waals surface area contributed by atoms with Gasteiger partial charge in [-0.3, -0.25) is 9.59 Å². The summed E-state index contributed by atoms with van der Waals surface area (Å²) in [4.78, 5) is 24.8. The Morgan fingerprint density at radius 1 is 1.36 bits per heavy atom. The van der Waals surface area contributed by atoms with E-state index in [4.69, 9.17) is 4.74 Å². The molecule has 1 aromatic carbocycles. The van der Waals surface area contributed by atoms with Gasteiger partial charge in [0.25, 0.3) is 0 Å². The van der Waals surface area contributed by atoms with Crippen molar-refractivity contribution in [3.8, 4) is 0 Å². The predicted molar refractivity (Wildman–Crippen MR) is 93.4 cm³/mol. The molecular weight excluding hydrogens is 342 g/mol. The quantitative estimate of drug-likeness (QED) is 0.589. The summed E-state index contributed by atoms with van der Waals surface area (Å²) < 4.78 is 32.5. The highest BCUT2D eigenvalue weighted by Gasteiger charge is 2.49. The zero-order valence-corrected chi connectivity index (χ0v) is 15.5. The maximum Gasteiger partial charge on any atom is 0.325 e. The average Bonchev–Trinajstić information content (AvgIpc) is 2.57. The average molecular weight is 365 g/mol. The summed E-state index contributed by atoms with van der Waals surface area (Å²) in [7, 11) is -4.00. The highest BCUT2D eigenvalue weighted by Crippen LogP contribution is 2.33. The summed E-state index contributed by atoms with van der Waals surface area (Å²) in [5.41, 5.74) is 0.920. The Morgan fingerprint density at radius 3 is 2.48 bits per heavy atom. The monoisotopic (exact) mass is 365 g/mol. The third-order valence-electron chi connectivity index (χ3n) is 4.39. The van der Waals surface area contributed by atoms with Gasteiger partial charge >= 0.3 is 5.97 Å². The maximum absolute atomic E-state index is 13.2. The minimum atomic E-state index is -4.00. The number of benzene rings is 1. The number of nitrogens with zero attached hydrogens (tertiary/aromatic N) is 1. The van der Waals surface area contributed by atoms with Crippen molar-refractivity contribution in [2.75, 3.05) is 6.61 Å². The van der Waals surface area contributed by atoms with Gasteiger partial charge in [-0.05, 0) is 26.0 Å². The highest BCUT2D eigenvalue weighted by molar-refractivity contribution is 7.89. The largest absolute Gasteiger partial charge is 0.465 e. The molecular formula is C18H23NO5S. The lowest BCUT2D eigenvalue weighted by Gasteiger charge is -2.40. The first kappa shape index (κ1) is 19.3. The molecule has 0 aliphatic carbocycles. The molecule has 7 heteroatoms. The Balaban J connectivity index is 2.57. The number of esters is 1. The first-order valence-corrected chi connectivity index (χ1v) is 9.60. The third-order valence-corrected chi connectivity index (χ3v) is 6.31. The minimum Gasteiger partial charge on any atom is -0.465 e. The van der Waals surface area contributed by atoms with E-state index in [2.05, 4.69) is 6.58 Å². The van der Waals surface area contributed by atoms with Crippen molar-refractivity contribution in [1.29, 1.82) is 0 Å². The molecule has 0 radical (unpaired) electrons. The number of rotatable bonds is 5. The van der Waals surface area contributed by atoms with Crippen LogP contribution >= 0.6 is 0 Å². The summed E-state index contributed by atoms with van der Waals surface area (Å²) in [6.45, 7) is 8.79. The third kappa shape index (κ3) is 3.67. The van der Waals surface area contributed by atoms with E-state index < -0.39 is 34.0 Å². The Kier molecular flexibility index (Phi) is 5.80. The first-order chi connectivity index (χ1) is 11.7. The van der Waals surface area contributed by atoms with E-state index in [1.54, 1.807) is 26.0 Å². The summed E-state index contributed by atoms with van der Waals surface area (Å²) in [5, 5.41) is 0. The van der Waals surface area contributed by atoms with Crippen LogP contribution in [-0.4, -0.2) is 43.2 Å². The number of ketones is 1. The second kappa shape index (κ2) is 7.49. The maximum atomic E-state index is 13.2. The van der Waals surface area contributed by atoms with Gasteiger partial charge in [0.2, 0.25) is 10.0 Å². The fourth-order valence-corrected chi connectivity index (χ4v) is 4.78. The van der Waals surface area contributed by atoms with Gasteiger partial charge in [0.05, 0.1) is 17.5 Å². The normalized spacial score (nSPS) is 24.8. The van der Waals surface area contributed by atoms with Crippen LogP contribution < -0.4 is 0 Å². The van der Waals surface area contributed by atoms with Crippen LogP contribution in [0.1, 0.15) is 25.8 Å². The molecule has 0 aromatic heterocycles. The predicted octanol–water partition coefficient (Wildman–Crippen LogP) is 2.08. The number of piperidine rings is 1. The molecule has 0 spiro atoms. The van der Waals surface area contributed by atoms with E-state index in [1.165, 1.54) is 18.2 Å². The topological polar surface area (TPSA) is 80.8 Å². The van der Waals surface area contributed by atoms with Crippen molar-refractivity contribution in [3.63, 3.8) is 0 Å². The van der Waals surface area contributed by atoms with E-state index in [0.717, 1.165) is 9.87 Å². The van der Waals surface area contributed by atoms with Gasteiger partial charge in [0, 0.05) is 12.3 Å². The number of ether oxygens (including phenoxy) is 1. The molecule has 3 atom stereocenters. The van der Waals surface area contributed by atoms with Gasteiger partial charge in [-0.15, -0.1) is 6.58 Å². The lowest BCUT2D eigenvalue weighted by Crippen LogP contribution is -2.59. The molecule has 1 fully saturated rings. The van der Waals surface area contributed by atoms with Crippen molar-refractivity contribution in [2.45, 2.75) is 44.2 Å². The minimum absolute atomic E-state index is 0.00827. The summed E-state index contributed by atoms with van der Waals surface area (Å²) >= 11 is 0. The van der Waals surface area contributed by atoms with E-state index in [0.29, 0.717) is 0 Å². The summed E-state index contributed by atoms with van der Waals surface area (Å²) in [5.74, 6) is -1.68. The molecule has 1 aromatic rings. The van der Waals surface area contributed by atoms with Gasteiger partial charge in [-0.1, -0.05) is 30.7 Å². The second-order valence-electron chi connectivity index (χ2n) is 6.11. The van der Waals surface area contributed by atoms with Crippen LogP contribution in [0.4, 0.5) is 0 Å². The van der Waals surface area contributed by atoms with Crippen molar-refractivity contribution < 1.29 is 22.7 Å². The molecule has 6 nitrogen and oxygen atoms in total. The molecule has 1 heterocycles. The number of hydrogen-bond acceptors (Lipinski definition) is 5. The zero-order chi connectivity index (χ0) is 18.8. The van der Waals surface area contributed by atoms with Crippen LogP contribution in [0.3, 0.4) is 0 Å². The van der Waals surface area contributed by atoms with Crippen molar-refractivity contribution in [2.24, 2.45) is 5.92 Å². The highest BCUT2D eigenvalue weighted by atomic mass is 32.2. The number of aryl methyl sites for hydroxylation is 1. The van der Waals surface area contributed by atoms with E-state index >= 15 is 0 Å². The standard InChI is InChI=1S/C18H23NO5S/c1-5-14-11-16(20)13(4)17(18(21)24-6-2)19(14)25(22,23)15-9-7-12(3)8-10-15/h5,7-10,13-14,17H,1,6,11H2,2-4H3/t13-,14-,17+/m1/s1. The van der Waals surface area contributed by atoms with Gasteiger partial charge < -0.3 is 4.74 Å². The van der Waals surface area contributed by atoms with Crippen LogP contribution in [0.5, 0.6) is 0 Å². The lowest BCUT2D eigenvalue weighted by molar-refractivity contribution is -0.154. The van der Waals surface area contributed by atoms with Crippen LogP contribution in [0.2, 0.25) is 0 Å². The van der Waals surface area contributed by atoms with Crippen LogP contribution in [0.15, 0.2) is 41.8 Å². The molecule has 1 saturated heterocycles. The first-order valence-electron chi connectivity index (χ1n) is 8.16. The number of carbonyl (C=O) groups excluding carboxylic acids is 2. The molecule has 0 amide bonds. The Labute approximate surface area is 148 Å². The van der Waals surface area contributed by atoms with Crippen LogP contribution in [0.25, 0.3) is 0 Å². The fraction of sp³-hybridized carbons (Fsp3) is 0.444. The number of carbonyl (C=O) groups is 2. The van der Waals surface area contributed by atoms with E-state index in [9.17, 15) is 18.0 Å². The molecule has 0 saturated carbocycles. The van der Waals surface area contributed by atoms with Gasteiger partial charge in [0.15, 0.2) is 0 Å². The number of hydrogen-bond donors (Lipinski definition) is 0. The van der Waals surface area contributed by atoms with Crippen LogP contribution in [-0.2, 0) is 24.3 Å². The smallest absolute Gasteiger partial charge is 0.325 e. The summed E-state index contributed by atoms with van der Waals surface area (Å²) in [6.07, 6.45) is 1.38. The van der Waals surface area contributed by atoms with E-state index in [1.807, 2.05) is 6.92 Å². The molecule has 0 unspecified atom stereocenters. The summed E-state index contributed by atoms with van der Waals surface area (Å²) in [6, 6.07) is 4.38. The van der Waals surface area contributed by atoms with Crippen molar-refractivity contribution >= 4 is 21.8 Å². The fourth-order valence-electron chi connectivity index (χ4n) is 2.97. The van der Waals surface area contributed by atoms with Gasteiger partial charge in [-0.2, -0.15) is 4.31 Å². The number of Topliss-reactive ketones (excluding diaryl/α,β-unsaturated/α-hetero) is 1. The molecule has 2 rings (SSSR count). The number of sulfonamides is 1. The molecule has 0 N–H and O–H groups in total. The Morgan fingerprint density at radius 2 is 1.96 bits per heavy atom. The van der Waals surface area contributed by atoms with Crippen molar-refractivity contribution in [3.05, 3.63) is 42.5 Å². The Hall–Kier alpha value is -1.99. The molecule has 1 aliphatic rings. The van der Waals surface area contributed by atoms with Crippen LogP contribution in [0, 0.1) is 12.8 Å². The Bertz CT molecular complexity index is 769. The zero-order valence-electron chi connectivity index (χ0n) is 14.6. The van der Waals surface area contributed by atoms with Gasteiger partial charge in [0.1, 0.15) is 11.8 Å². The lowest BCUT2D eigenvalue weighted by atomic mass is 9.87. The van der Waals surface area contributed by atoms with Gasteiger partial charge in [-0.25, -0.2) is 8.42 Å². The molecule has 25 heavy (non-hydrogen) atoms. The second-order valence-corrected chi connectivity index (χ2v) is 7.95. The molecule has 0 bridgehead atoms. The van der Waals surface area contributed by atoms with E-state index in [-0.39, 0.29) is 23.7 Å². The molecule has 1 aliphatic heterocycles. The molecule has 136 valence electrons.